The molecule has 0 aliphatic rings. The van der Waals surface area contributed by atoms with Crippen molar-refractivity contribution in [2.45, 2.75) is 6.54 Å². The van der Waals surface area contributed by atoms with Crippen LogP contribution in [0.3, 0.4) is 0 Å². The van der Waals surface area contributed by atoms with E-state index in [0.717, 1.165) is 20.4 Å². The van der Waals surface area contributed by atoms with Gasteiger partial charge in [-0.2, -0.15) is 0 Å². The monoisotopic (exact) mass is 442 g/mol. The first-order chi connectivity index (χ1) is 8.06. The lowest BCUT2D eigenvalue weighted by molar-refractivity contribution is 0.494. The van der Waals surface area contributed by atoms with E-state index in [4.69, 9.17) is 16.0 Å². The maximum Gasteiger partial charge on any atom is 0.183 e. The largest absolute Gasteiger partial charge is 0.451 e. The number of aromatic nitrogens is 1. The van der Waals surface area contributed by atoms with Gasteiger partial charge in [0, 0.05) is 10.7 Å². The number of hydrogen-bond acceptors (Lipinski definition) is 3. The first-order valence-electron chi connectivity index (χ1n) is 4.55. The second-order valence-electron chi connectivity index (χ2n) is 3.18. The summed E-state index contributed by atoms with van der Waals surface area (Å²) in [5.41, 5.74) is 0.754. The molecule has 0 atom stereocenters. The first kappa shape index (κ1) is 13.4. The maximum absolute atomic E-state index is 5.96. The van der Waals surface area contributed by atoms with Crippen molar-refractivity contribution in [2.75, 3.05) is 5.32 Å². The van der Waals surface area contributed by atoms with E-state index in [1.54, 1.807) is 6.20 Å². The van der Waals surface area contributed by atoms with Gasteiger partial charge in [0.15, 0.2) is 9.82 Å². The maximum atomic E-state index is 5.96. The molecule has 1 N–H and O–H groups in total. The minimum atomic E-state index is 0.429. The van der Waals surface area contributed by atoms with Crippen LogP contribution in [0.4, 0.5) is 5.69 Å². The Labute approximate surface area is 128 Å². The molecule has 0 aliphatic carbocycles. The van der Waals surface area contributed by atoms with Crippen molar-refractivity contribution >= 4 is 65.1 Å². The number of rotatable bonds is 3. The second kappa shape index (κ2) is 5.73. The predicted molar refractivity (Wildman–Crippen MR) is 78.4 cm³/mol. The Balaban J connectivity index is 2.09. The summed E-state index contributed by atoms with van der Waals surface area (Å²) in [5.74, 6) is 0.791. The van der Waals surface area contributed by atoms with Gasteiger partial charge in [-0.1, -0.05) is 11.6 Å². The molecule has 0 aliphatic heterocycles. The summed E-state index contributed by atoms with van der Waals surface area (Å²) in [6.07, 6.45) is 1.65. The van der Waals surface area contributed by atoms with Crippen LogP contribution in [0.25, 0.3) is 0 Å². The number of nitrogens with zero attached hydrogens (tertiary/aromatic N) is 1. The molecule has 0 amide bonds. The molecule has 17 heavy (non-hydrogen) atoms. The topological polar surface area (TPSA) is 38.1 Å². The van der Waals surface area contributed by atoms with Crippen molar-refractivity contribution in [1.29, 1.82) is 0 Å². The Morgan fingerprint density at radius 1 is 1.29 bits per heavy atom. The smallest absolute Gasteiger partial charge is 0.183 e. The summed E-state index contributed by atoms with van der Waals surface area (Å²) in [6, 6.07) is 3.75. The van der Waals surface area contributed by atoms with Crippen molar-refractivity contribution in [3.05, 3.63) is 42.9 Å². The van der Waals surface area contributed by atoms with Gasteiger partial charge >= 0.3 is 0 Å². The van der Waals surface area contributed by atoms with Crippen LogP contribution < -0.4 is 5.32 Å². The zero-order valence-electron chi connectivity index (χ0n) is 8.31. The molecule has 2 aromatic heterocycles. The van der Waals surface area contributed by atoms with Crippen LogP contribution in [0.15, 0.2) is 36.4 Å². The number of furan rings is 1. The van der Waals surface area contributed by atoms with Gasteiger partial charge in [-0.15, -0.1) is 0 Å². The highest BCUT2D eigenvalue weighted by Crippen LogP contribution is 2.28. The molecule has 7 heteroatoms. The Morgan fingerprint density at radius 3 is 2.71 bits per heavy atom. The third-order valence-corrected chi connectivity index (χ3v) is 4.40. The SMILES string of the molecule is Clc1ncc(Br)cc1NCc1cc(Br)c(Br)o1. The third kappa shape index (κ3) is 3.47. The van der Waals surface area contributed by atoms with E-state index in [2.05, 4.69) is 58.1 Å². The number of hydrogen-bond donors (Lipinski definition) is 1. The molecule has 0 bridgehead atoms. The highest BCUT2D eigenvalue weighted by atomic mass is 79.9. The van der Waals surface area contributed by atoms with Crippen LogP contribution in [0.5, 0.6) is 0 Å². The van der Waals surface area contributed by atoms with E-state index in [1.807, 2.05) is 12.1 Å². The summed E-state index contributed by atoms with van der Waals surface area (Å²) in [4.78, 5) is 4.02. The van der Waals surface area contributed by atoms with E-state index in [-0.39, 0.29) is 0 Å². The quantitative estimate of drug-likeness (QED) is 0.658. The molecular formula is C10H6Br3ClN2O. The number of nitrogens with one attached hydrogen (secondary N) is 1. The predicted octanol–water partition coefficient (Wildman–Crippen LogP) is 5.23. The summed E-state index contributed by atoms with van der Waals surface area (Å²) in [7, 11) is 0. The van der Waals surface area contributed by atoms with Gasteiger partial charge < -0.3 is 9.73 Å². The normalized spacial score (nSPS) is 10.6. The number of anilines is 1. The highest BCUT2D eigenvalue weighted by Gasteiger charge is 2.07. The van der Waals surface area contributed by atoms with Gasteiger partial charge in [0.1, 0.15) is 5.76 Å². The average Bonchev–Trinajstić information content (AvgIpc) is 2.60. The summed E-state index contributed by atoms with van der Waals surface area (Å²) >= 11 is 15.9. The highest BCUT2D eigenvalue weighted by molar-refractivity contribution is 9.13. The fourth-order valence-corrected chi connectivity index (χ4v) is 2.37. The number of pyridine rings is 1. The summed E-state index contributed by atoms with van der Waals surface area (Å²) in [6.45, 7) is 0.530. The van der Waals surface area contributed by atoms with E-state index < -0.39 is 0 Å². The third-order valence-electron chi connectivity index (χ3n) is 1.95. The van der Waals surface area contributed by atoms with Gasteiger partial charge in [-0.05, 0) is 59.9 Å². The molecule has 0 saturated carbocycles. The molecule has 0 saturated heterocycles. The van der Waals surface area contributed by atoms with Gasteiger partial charge in [0.05, 0.1) is 16.7 Å². The first-order valence-corrected chi connectivity index (χ1v) is 7.30. The van der Waals surface area contributed by atoms with Gasteiger partial charge in [-0.25, -0.2) is 4.98 Å². The van der Waals surface area contributed by atoms with Crippen LogP contribution in [0.2, 0.25) is 5.15 Å². The Kier molecular flexibility index (Phi) is 4.52. The molecule has 2 aromatic rings. The fourth-order valence-electron chi connectivity index (χ4n) is 1.21. The molecule has 90 valence electrons. The van der Waals surface area contributed by atoms with Gasteiger partial charge in [0.2, 0.25) is 0 Å². The molecule has 0 radical (unpaired) electrons. The van der Waals surface area contributed by atoms with Crippen LogP contribution in [-0.2, 0) is 6.54 Å². The van der Waals surface area contributed by atoms with Crippen molar-refractivity contribution in [3.8, 4) is 0 Å². The van der Waals surface area contributed by atoms with Gasteiger partial charge in [-0.3, -0.25) is 0 Å². The van der Waals surface area contributed by atoms with Crippen molar-refractivity contribution in [1.82, 2.24) is 4.98 Å². The molecular weight excluding hydrogens is 439 g/mol. The van der Waals surface area contributed by atoms with Gasteiger partial charge in [0.25, 0.3) is 0 Å². The molecule has 3 nitrogen and oxygen atoms in total. The molecule has 2 heterocycles. The molecule has 0 fully saturated rings. The molecule has 2 rings (SSSR count). The minimum absolute atomic E-state index is 0.429. The van der Waals surface area contributed by atoms with Crippen LogP contribution in [0.1, 0.15) is 5.76 Å². The molecule has 0 unspecified atom stereocenters. The standard InChI is InChI=1S/C10H6Br3ClN2O/c11-5-1-8(10(14)16-3-5)15-4-6-2-7(12)9(13)17-6/h1-3,15H,4H2. The Morgan fingerprint density at radius 2 is 2.06 bits per heavy atom. The van der Waals surface area contributed by atoms with Crippen molar-refractivity contribution in [2.24, 2.45) is 0 Å². The minimum Gasteiger partial charge on any atom is -0.451 e. The lowest BCUT2D eigenvalue weighted by Gasteiger charge is -2.06. The van der Waals surface area contributed by atoms with E-state index in [9.17, 15) is 0 Å². The second-order valence-corrected chi connectivity index (χ2v) is 6.03. The van der Waals surface area contributed by atoms with E-state index >= 15 is 0 Å². The van der Waals surface area contributed by atoms with Crippen LogP contribution in [-0.4, -0.2) is 4.98 Å². The zero-order chi connectivity index (χ0) is 12.4. The summed E-state index contributed by atoms with van der Waals surface area (Å²) in [5, 5.41) is 3.58. The fraction of sp³-hybridized carbons (Fsp3) is 0.100. The summed E-state index contributed by atoms with van der Waals surface area (Å²) < 4.78 is 7.86. The van der Waals surface area contributed by atoms with Crippen molar-refractivity contribution in [3.63, 3.8) is 0 Å². The molecule has 0 spiro atoms. The molecule has 0 aromatic carbocycles. The van der Waals surface area contributed by atoms with E-state index in [0.29, 0.717) is 16.4 Å². The van der Waals surface area contributed by atoms with Crippen LogP contribution in [0, 0.1) is 0 Å². The Hall–Kier alpha value is -0.0400. The Bertz CT molecular complexity index is 525. The zero-order valence-corrected chi connectivity index (χ0v) is 13.8. The van der Waals surface area contributed by atoms with E-state index in [1.165, 1.54) is 0 Å². The van der Waals surface area contributed by atoms with Crippen LogP contribution >= 0.6 is 59.4 Å². The lowest BCUT2D eigenvalue weighted by atomic mass is 10.4. The van der Waals surface area contributed by atoms with Crippen molar-refractivity contribution < 1.29 is 4.42 Å². The average molecular weight is 445 g/mol. The lowest BCUT2D eigenvalue weighted by Crippen LogP contribution is -1.99. The number of halogens is 4.